The van der Waals surface area contributed by atoms with Gasteiger partial charge in [0.2, 0.25) is 0 Å². The normalized spacial score (nSPS) is 9.93. The molecule has 0 aliphatic heterocycles. The third-order valence-electron chi connectivity index (χ3n) is 2.46. The van der Waals surface area contributed by atoms with Crippen molar-refractivity contribution in [1.82, 2.24) is 0 Å². The Morgan fingerprint density at radius 2 is 1.93 bits per heavy atom. The molecule has 0 N–H and O–H groups in total. The van der Waals surface area contributed by atoms with Gasteiger partial charge in [0.25, 0.3) is 0 Å². The van der Waals surface area contributed by atoms with E-state index < -0.39 is 0 Å². The van der Waals surface area contributed by atoms with Gasteiger partial charge in [0.15, 0.2) is 0 Å². The fourth-order valence-corrected chi connectivity index (χ4v) is 1.97. The summed E-state index contributed by atoms with van der Waals surface area (Å²) in [6.07, 6.45) is 3.88. The van der Waals surface area contributed by atoms with E-state index in [0.717, 1.165) is 18.6 Å². The van der Waals surface area contributed by atoms with Gasteiger partial charge in [-0.2, -0.15) is 0 Å². The van der Waals surface area contributed by atoms with Gasteiger partial charge in [-0.15, -0.1) is 0 Å². The fraction of sp³-hybridized carbons (Fsp3) is 0.333. The summed E-state index contributed by atoms with van der Waals surface area (Å²) in [5, 5.41) is 0. The summed E-state index contributed by atoms with van der Waals surface area (Å²) in [5.74, 6) is 0.909. The van der Waals surface area contributed by atoms with Crippen molar-refractivity contribution >= 4 is 16.6 Å². The molecule has 0 aromatic heterocycles. The average Bonchev–Trinajstić information content (AvgIpc) is 2.26. The molecule has 14 heavy (non-hydrogen) atoms. The van der Waals surface area contributed by atoms with Crippen molar-refractivity contribution in [1.29, 1.82) is 0 Å². The van der Waals surface area contributed by atoms with Gasteiger partial charge in [-0.05, 0) is 35.6 Å². The molecule has 1 aromatic carbocycles. The highest BCUT2D eigenvalue weighted by Crippen LogP contribution is 2.27. The van der Waals surface area contributed by atoms with Crippen LogP contribution in [0.3, 0.4) is 0 Å². The summed E-state index contributed by atoms with van der Waals surface area (Å²) >= 11 is 0. The van der Waals surface area contributed by atoms with E-state index in [2.05, 4.69) is 30.9 Å². The second-order valence-electron chi connectivity index (χ2n) is 3.12. The van der Waals surface area contributed by atoms with E-state index in [1.807, 2.05) is 18.2 Å². The minimum atomic E-state index is 0.909. The fourth-order valence-electron chi connectivity index (χ4n) is 1.78. The van der Waals surface area contributed by atoms with Crippen molar-refractivity contribution in [2.24, 2.45) is 0 Å². The molecule has 1 nitrogen and oxygen atoms in total. The minimum Gasteiger partial charge on any atom is -0.540 e. The molecule has 0 saturated heterocycles. The molecule has 0 aliphatic carbocycles. The molecule has 3 radical (unpaired) electrons. The molecule has 0 bridgehead atoms. The van der Waals surface area contributed by atoms with E-state index >= 15 is 0 Å². The predicted octanol–water partition coefficient (Wildman–Crippen LogP) is 2.92. The van der Waals surface area contributed by atoms with Crippen LogP contribution in [-0.2, 0) is 12.8 Å². The Morgan fingerprint density at radius 1 is 1.29 bits per heavy atom. The second kappa shape index (κ2) is 5.01. The topological polar surface area (TPSA) is 9.23 Å². The van der Waals surface area contributed by atoms with Crippen molar-refractivity contribution in [2.45, 2.75) is 26.7 Å². The Labute approximate surface area is 89.3 Å². The van der Waals surface area contributed by atoms with Crippen molar-refractivity contribution in [3.05, 3.63) is 35.4 Å². The van der Waals surface area contributed by atoms with Gasteiger partial charge < -0.3 is 4.43 Å². The van der Waals surface area contributed by atoms with Crippen LogP contribution in [0.5, 0.6) is 5.75 Å². The highest BCUT2D eigenvalue weighted by molar-refractivity contribution is 6.00. The van der Waals surface area contributed by atoms with E-state index in [4.69, 9.17) is 4.43 Å². The zero-order valence-corrected chi connectivity index (χ0v) is 9.76. The third kappa shape index (κ3) is 1.90. The summed E-state index contributed by atoms with van der Waals surface area (Å²) in [6.45, 7) is 8.10. The largest absolute Gasteiger partial charge is 0.540 e. The molecule has 0 aliphatic rings. The van der Waals surface area contributed by atoms with Gasteiger partial charge in [-0.3, -0.25) is 0 Å². The Hall–Kier alpha value is -1.02. The first kappa shape index (κ1) is 11.1. The van der Waals surface area contributed by atoms with Crippen LogP contribution in [-0.4, -0.2) is 10.5 Å². The van der Waals surface area contributed by atoms with Crippen LogP contribution in [0.4, 0.5) is 0 Å². The van der Waals surface area contributed by atoms with Gasteiger partial charge >= 0.3 is 10.5 Å². The molecule has 0 heterocycles. The summed E-state index contributed by atoms with van der Waals surface area (Å²) in [7, 11) is 3.08. The van der Waals surface area contributed by atoms with E-state index in [9.17, 15) is 0 Å². The molecular weight excluding hydrogens is 188 g/mol. The maximum Gasteiger partial charge on any atom is 0.341 e. The quantitative estimate of drug-likeness (QED) is 0.684. The van der Waals surface area contributed by atoms with Crippen LogP contribution in [0, 0.1) is 0 Å². The van der Waals surface area contributed by atoms with Crippen LogP contribution >= 0.6 is 0 Å². The summed E-state index contributed by atoms with van der Waals surface area (Å²) in [5.41, 5.74) is 3.80. The summed E-state index contributed by atoms with van der Waals surface area (Å²) in [6, 6.07) is 4.02. The SMILES string of the molecule is C=Cc1ccc(O[Si])c(CC)c1CC. The van der Waals surface area contributed by atoms with Crippen LogP contribution < -0.4 is 4.43 Å². The molecule has 0 spiro atoms. The molecule has 0 unspecified atom stereocenters. The molecule has 73 valence electrons. The lowest BCUT2D eigenvalue weighted by Crippen LogP contribution is -1.99. The predicted molar refractivity (Wildman–Crippen MR) is 61.7 cm³/mol. The first-order valence-electron chi connectivity index (χ1n) is 4.89. The first-order valence-corrected chi connectivity index (χ1v) is 5.30. The zero-order valence-electron chi connectivity index (χ0n) is 8.76. The van der Waals surface area contributed by atoms with Crippen molar-refractivity contribution in [3.8, 4) is 5.75 Å². The van der Waals surface area contributed by atoms with E-state index in [1.165, 1.54) is 16.7 Å². The minimum absolute atomic E-state index is 0.909. The molecule has 0 amide bonds. The van der Waals surface area contributed by atoms with Gasteiger partial charge in [0.05, 0.1) is 0 Å². The maximum atomic E-state index is 5.15. The first-order chi connectivity index (χ1) is 6.78. The molecule has 0 fully saturated rings. The number of hydrogen-bond donors (Lipinski definition) is 0. The third-order valence-corrected chi connectivity index (χ3v) is 2.68. The smallest absolute Gasteiger partial charge is 0.341 e. The van der Waals surface area contributed by atoms with E-state index in [0.29, 0.717) is 0 Å². The number of rotatable bonds is 4. The Balaban J connectivity index is 3.35. The maximum absolute atomic E-state index is 5.15. The molecule has 1 aromatic rings. The summed E-state index contributed by atoms with van der Waals surface area (Å²) in [4.78, 5) is 0. The number of hydrogen-bond acceptors (Lipinski definition) is 1. The highest BCUT2D eigenvalue weighted by atomic mass is 28.2. The van der Waals surface area contributed by atoms with E-state index in [-0.39, 0.29) is 0 Å². The Morgan fingerprint density at radius 3 is 2.36 bits per heavy atom. The lowest BCUT2D eigenvalue weighted by molar-refractivity contribution is 0.604. The van der Waals surface area contributed by atoms with Gasteiger partial charge in [0, 0.05) is 0 Å². The van der Waals surface area contributed by atoms with Crippen molar-refractivity contribution in [2.75, 3.05) is 0 Å². The van der Waals surface area contributed by atoms with Crippen molar-refractivity contribution < 1.29 is 4.43 Å². The lowest BCUT2D eigenvalue weighted by Gasteiger charge is -2.14. The monoisotopic (exact) mass is 203 g/mol. The van der Waals surface area contributed by atoms with Crippen LogP contribution in [0.2, 0.25) is 0 Å². The molecule has 0 saturated carbocycles. The molecule has 0 atom stereocenters. The van der Waals surface area contributed by atoms with Gasteiger partial charge in [-0.25, -0.2) is 0 Å². The van der Waals surface area contributed by atoms with Crippen LogP contribution in [0.15, 0.2) is 18.7 Å². The molecule has 1 rings (SSSR count). The van der Waals surface area contributed by atoms with Crippen LogP contribution in [0.25, 0.3) is 6.08 Å². The van der Waals surface area contributed by atoms with E-state index in [1.54, 1.807) is 0 Å². The average molecular weight is 203 g/mol. The molecular formula is C12H15OSi. The highest BCUT2D eigenvalue weighted by Gasteiger charge is 2.08. The lowest BCUT2D eigenvalue weighted by atomic mass is 9.96. The number of benzene rings is 1. The van der Waals surface area contributed by atoms with Crippen LogP contribution in [0.1, 0.15) is 30.5 Å². The molecule has 2 heteroatoms. The zero-order chi connectivity index (χ0) is 10.6. The standard InChI is InChI=1S/C12H15OSi/c1-4-9-7-8-12(13-14)11(6-3)10(9)5-2/h4,7-8H,1,5-6H2,2-3H3. The Bertz CT molecular complexity index is 331. The Kier molecular flexibility index (Phi) is 3.95. The van der Waals surface area contributed by atoms with Crippen molar-refractivity contribution in [3.63, 3.8) is 0 Å². The van der Waals surface area contributed by atoms with Gasteiger partial charge in [0.1, 0.15) is 5.75 Å². The van der Waals surface area contributed by atoms with Gasteiger partial charge in [-0.1, -0.05) is 32.6 Å². The second-order valence-corrected chi connectivity index (χ2v) is 3.33. The summed E-state index contributed by atoms with van der Waals surface area (Å²) < 4.78 is 5.15.